The van der Waals surface area contributed by atoms with Crippen molar-refractivity contribution < 1.29 is 0 Å². The van der Waals surface area contributed by atoms with Gasteiger partial charge < -0.3 is 5.73 Å². The summed E-state index contributed by atoms with van der Waals surface area (Å²) in [4.78, 5) is 2.26. The summed E-state index contributed by atoms with van der Waals surface area (Å²) in [6.07, 6.45) is 0. The van der Waals surface area contributed by atoms with Gasteiger partial charge in [-0.3, -0.25) is 0 Å². The van der Waals surface area contributed by atoms with Crippen LogP contribution < -0.4 is 5.73 Å². The van der Waals surface area contributed by atoms with Gasteiger partial charge in [0.05, 0.1) is 5.02 Å². The fourth-order valence-electron chi connectivity index (χ4n) is 1.72. The van der Waals surface area contributed by atoms with Gasteiger partial charge in [-0.1, -0.05) is 41.6 Å². The molecule has 0 radical (unpaired) electrons. The van der Waals surface area contributed by atoms with Crippen molar-refractivity contribution >= 4 is 23.4 Å². The molecule has 0 aliphatic rings. The van der Waals surface area contributed by atoms with Crippen molar-refractivity contribution in [3.05, 3.63) is 58.1 Å². The SMILES string of the molecule is Cc1ccc(Sc2c(Cl)cccc2CN)cc1C. The molecule has 1 nitrogen and oxygen atoms in total. The molecular weight excluding hydrogens is 262 g/mol. The van der Waals surface area contributed by atoms with Crippen LogP contribution in [0.3, 0.4) is 0 Å². The Hall–Kier alpha value is -0.960. The van der Waals surface area contributed by atoms with Crippen LogP contribution in [0.4, 0.5) is 0 Å². The van der Waals surface area contributed by atoms with Crippen molar-refractivity contribution in [3.63, 3.8) is 0 Å². The average molecular weight is 278 g/mol. The quantitative estimate of drug-likeness (QED) is 0.890. The summed E-state index contributed by atoms with van der Waals surface area (Å²) in [6.45, 7) is 4.74. The Labute approximate surface area is 117 Å². The molecule has 0 aromatic heterocycles. The normalized spacial score (nSPS) is 10.7. The molecule has 0 saturated heterocycles. The minimum Gasteiger partial charge on any atom is -0.326 e. The molecule has 0 saturated carbocycles. The first-order valence-corrected chi connectivity index (χ1v) is 7.04. The molecule has 0 bridgehead atoms. The number of hydrogen-bond donors (Lipinski definition) is 1. The Bertz CT molecular complexity index is 566. The van der Waals surface area contributed by atoms with Gasteiger partial charge in [-0.25, -0.2) is 0 Å². The van der Waals surface area contributed by atoms with Crippen LogP contribution in [0.15, 0.2) is 46.2 Å². The summed E-state index contributed by atoms with van der Waals surface area (Å²) in [5, 5.41) is 0.765. The Balaban J connectivity index is 2.36. The molecule has 18 heavy (non-hydrogen) atoms. The van der Waals surface area contributed by atoms with Gasteiger partial charge in [-0.05, 0) is 48.7 Å². The van der Waals surface area contributed by atoms with Crippen molar-refractivity contribution in [1.82, 2.24) is 0 Å². The van der Waals surface area contributed by atoms with Gasteiger partial charge in [0.1, 0.15) is 0 Å². The van der Waals surface area contributed by atoms with Gasteiger partial charge in [0.2, 0.25) is 0 Å². The van der Waals surface area contributed by atoms with Gasteiger partial charge in [0.15, 0.2) is 0 Å². The maximum Gasteiger partial charge on any atom is 0.0548 e. The summed E-state index contributed by atoms with van der Waals surface area (Å²) < 4.78 is 0. The van der Waals surface area contributed by atoms with E-state index in [0.29, 0.717) is 6.54 Å². The summed E-state index contributed by atoms with van der Waals surface area (Å²) in [5.41, 5.74) is 9.44. The molecule has 2 aromatic rings. The van der Waals surface area contributed by atoms with Gasteiger partial charge >= 0.3 is 0 Å². The molecule has 0 unspecified atom stereocenters. The minimum atomic E-state index is 0.508. The lowest BCUT2D eigenvalue weighted by Crippen LogP contribution is -1.98. The minimum absolute atomic E-state index is 0.508. The molecule has 2 rings (SSSR count). The zero-order valence-electron chi connectivity index (χ0n) is 10.5. The summed E-state index contributed by atoms with van der Waals surface area (Å²) in [6, 6.07) is 12.3. The van der Waals surface area contributed by atoms with Gasteiger partial charge in [0, 0.05) is 16.3 Å². The van der Waals surface area contributed by atoms with Gasteiger partial charge in [0.25, 0.3) is 0 Å². The predicted octanol–water partition coefficient (Wildman–Crippen LogP) is 4.57. The molecule has 0 heterocycles. The zero-order valence-corrected chi connectivity index (χ0v) is 12.1. The van der Waals surface area contributed by atoms with Crippen LogP contribution in [-0.2, 0) is 6.54 Å². The molecule has 0 atom stereocenters. The number of rotatable bonds is 3. The monoisotopic (exact) mass is 277 g/mol. The van der Waals surface area contributed by atoms with E-state index < -0.39 is 0 Å². The fraction of sp³-hybridized carbons (Fsp3) is 0.200. The number of nitrogens with two attached hydrogens (primary N) is 1. The number of benzene rings is 2. The smallest absolute Gasteiger partial charge is 0.0548 e. The molecule has 94 valence electrons. The van der Waals surface area contributed by atoms with Crippen LogP contribution in [-0.4, -0.2) is 0 Å². The third-order valence-corrected chi connectivity index (χ3v) is 4.57. The molecule has 0 fully saturated rings. The van der Waals surface area contributed by atoms with E-state index in [9.17, 15) is 0 Å². The molecule has 2 N–H and O–H groups in total. The van der Waals surface area contributed by atoms with E-state index >= 15 is 0 Å². The second-order valence-electron chi connectivity index (χ2n) is 4.28. The summed E-state index contributed by atoms with van der Waals surface area (Å²) in [5.74, 6) is 0. The van der Waals surface area contributed by atoms with Crippen molar-refractivity contribution in [3.8, 4) is 0 Å². The van der Waals surface area contributed by atoms with Crippen molar-refractivity contribution in [2.24, 2.45) is 5.73 Å². The predicted molar refractivity (Wildman–Crippen MR) is 79.4 cm³/mol. The van der Waals surface area contributed by atoms with Crippen LogP contribution in [0, 0.1) is 13.8 Å². The average Bonchev–Trinajstić information content (AvgIpc) is 2.36. The molecule has 0 amide bonds. The zero-order chi connectivity index (χ0) is 13.1. The lowest BCUT2D eigenvalue weighted by atomic mass is 10.1. The van der Waals surface area contributed by atoms with E-state index in [2.05, 4.69) is 32.0 Å². The first-order chi connectivity index (χ1) is 8.61. The fourth-order valence-corrected chi connectivity index (χ4v) is 3.09. The van der Waals surface area contributed by atoms with Crippen molar-refractivity contribution in [2.75, 3.05) is 0 Å². The Morgan fingerprint density at radius 1 is 1.11 bits per heavy atom. The Morgan fingerprint density at radius 2 is 1.89 bits per heavy atom. The van der Waals surface area contributed by atoms with Crippen LogP contribution in [0.2, 0.25) is 5.02 Å². The van der Waals surface area contributed by atoms with Crippen LogP contribution in [0.5, 0.6) is 0 Å². The molecule has 3 heteroatoms. The van der Waals surface area contributed by atoms with Gasteiger partial charge in [-0.15, -0.1) is 0 Å². The lowest BCUT2D eigenvalue weighted by Gasteiger charge is -2.10. The molecule has 0 aliphatic heterocycles. The van der Waals surface area contributed by atoms with Crippen LogP contribution in [0.25, 0.3) is 0 Å². The van der Waals surface area contributed by atoms with E-state index in [1.54, 1.807) is 11.8 Å². The van der Waals surface area contributed by atoms with E-state index in [0.717, 1.165) is 15.5 Å². The second kappa shape index (κ2) is 5.79. The standard InChI is InChI=1S/C15H16ClNS/c1-10-6-7-13(8-11(10)2)18-15-12(9-17)4-3-5-14(15)16/h3-8H,9,17H2,1-2H3. The van der Waals surface area contributed by atoms with Crippen molar-refractivity contribution in [1.29, 1.82) is 0 Å². The highest BCUT2D eigenvalue weighted by Crippen LogP contribution is 2.36. The van der Waals surface area contributed by atoms with E-state index in [1.807, 2.05) is 18.2 Å². The highest BCUT2D eigenvalue weighted by atomic mass is 35.5. The van der Waals surface area contributed by atoms with E-state index in [4.69, 9.17) is 17.3 Å². The topological polar surface area (TPSA) is 26.0 Å². The Morgan fingerprint density at radius 3 is 2.56 bits per heavy atom. The third kappa shape index (κ3) is 2.89. The molecule has 2 aromatic carbocycles. The number of hydrogen-bond acceptors (Lipinski definition) is 2. The molecular formula is C15H16ClNS. The number of aryl methyl sites for hydroxylation is 2. The second-order valence-corrected chi connectivity index (χ2v) is 5.77. The Kier molecular flexibility index (Phi) is 4.33. The summed E-state index contributed by atoms with van der Waals surface area (Å²) >= 11 is 7.93. The first kappa shape index (κ1) is 13.5. The maximum atomic E-state index is 6.25. The van der Waals surface area contributed by atoms with Crippen molar-refractivity contribution in [2.45, 2.75) is 30.2 Å². The largest absolute Gasteiger partial charge is 0.326 e. The van der Waals surface area contributed by atoms with Crippen LogP contribution in [0.1, 0.15) is 16.7 Å². The lowest BCUT2D eigenvalue weighted by molar-refractivity contribution is 1.03. The first-order valence-electron chi connectivity index (χ1n) is 5.84. The van der Waals surface area contributed by atoms with Crippen LogP contribution >= 0.6 is 23.4 Å². The third-order valence-electron chi connectivity index (χ3n) is 2.97. The maximum absolute atomic E-state index is 6.25. The van der Waals surface area contributed by atoms with E-state index in [1.165, 1.54) is 16.0 Å². The summed E-state index contributed by atoms with van der Waals surface area (Å²) in [7, 11) is 0. The number of halogens is 1. The molecule has 0 spiro atoms. The van der Waals surface area contributed by atoms with E-state index in [-0.39, 0.29) is 0 Å². The molecule has 0 aliphatic carbocycles. The highest BCUT2D eigenvalue weighted by molar-refractivity contribution is 7.99. The van der Waals surface area contributed by atoms with Gasteiger partial charge in [-0.2, -0.15) is 0 Å². The highest BCUT2D eigenvalue weighted by Gasteiger charge is 2.08.